The van der Waals surface area contributed by atoms with E-state index < -0.39 is 0 Å². The number of nitrogens with zero attached hydrogens (tertiary/aromatic N) is 1. The van der Waals surface area contributed by atoms with Gasteiger partial charge in [0.2, 0.25) is 5.91 Å². The second-order valence-electron chi connectivity index (χ2n) is 4.77. The van der Waals surface area contributed by atoms with Crippen molar-refractivity contribution in [2.24, 2.45) is 0 Å². The molecule has 2 aliphatic heterocycles. The van der Waals surface area contributed by atoms with Gasteiger partial charge in [-0.05, 0) is 19.9 Å². The predicted octanol–water partition coefficient (Wildman–Crippen LogP) is -0.652. The van der Waals surface area contributed by atoms with Crippen LogP contribution < -0.4 is 5.32 Å². The summed E-state index contributed by atoms with van der Waals surface area (Å²) in [4.78, 5) is 13.5. The third kappa shape index (κ3) is 2.36. The molecule has 1 spiro atoms. The summed E-state index contributed by atoms with van der Waals surface area (Å²) in [7, 11) is 1.77. The van der Waals surface area contributed by atoms with Gasteiger partial charge in [-0.2, -0.15) is 0 Å². The molecule has 2 aliphatic rings. The Morgan fingerprint density at radius 1 is 1.69 bits per heavy atom. The highest BCUT2D eigenvalue weighted by Crippen LogP contribution is 2.34. The third-order valence-corrected chi connectivity index (χ3v) is 3.46. The fourth-order valence-electron chi connectivity index (χ4n) is 2.61. The molecule has 0 aliphatic carbocycles. The number of hydrogen-bond donors (Lipinski definition) is 2. The average Bonchev–Trinajstić information content (AvgIpc) is 2.62. The number of aliphatic hydroxyl groups excluding tert-OH is 1. The number of carbonyl (C=O) groups excluding carboxylic acids is 1. The third-order valence-electron chi connectivity index (χ3n) is 3.46. The van der Waals surface area contributed by atoms with Crippen LogP contribution in [0.25, 0.3) is 0 Å². The van der Waals surface area contributed by atoms with Gasteiger partial charge >= 0.3 is 0 Å². The molecule has 0 radical (unpaired) electrons. The number of hydrogen-bond acceptors (Lipinski definition) is 4. The van der Waals surface area contributed by atoms with E-state index in [-0.39, 0.29) is 17.6 Å². The molecular formula is C11H20N2O3. The van der Waals surface area contributed by atoms with Crippen molar-refractivity contribution in [2.75, 3.05) is 33.3 Å². The molecule has 2 fully saturated rings. The van der Waals surface area contributed by atoms with E-state index in [0.29, 0.717) is 32.5 Å². The molecule has 0 bridgehead atoms. The molecule has 0 aromatic rings. The Morgan fingerprint density at radius 2 is 2.50 bits per heavy atom. The largest absolute Gasteiger partial charge is 0.393 e. The number of aliphatic hydroxyl groups is 1. The van der Waals surface area contributed by atoms with E-state index in [1.165, 1.54) is 0 Å². The smallest absolute Gasteiger partial charge is 0.236 e. The predicted molar refractivity (Wildman–Crippen MR) is 59.0 cm³/mol. The Balaban J connectivity index is 1.93. The normalized spacial score (nSPS) is 34.6. The minimum atomic E-state index is -0.277. The van der Waals surface area contributed by atoms with Gasteiger partial charge in [-0.25, -0.2) is 0 Å². The second kappa shape index (κ2) is 4.69. The average molecular weight is 228 g/mol. The minimum Gasteiger partial charge on any atom is -0.393 e. The standard InChI is InChI=1S/C11H20N2O3/c1-12-7-10(15)13-4-3-11(8-13)6-9(14)2-5-16-11/h9,12,14H,2-8H2,1H3/t9-,11+/m0/s1. The Morgan fingerprint density at radius 3 is 3.19 bits per heavy atom. The van der Waals surface area contributed by atoms with E-state index in [4.69, 9.17) is 4.74 Å². The van der Waals surface area contributed by atoms with Gasteiger partial charge in [-0.15, -0.1) is 0 Å². The van der Waals surface area contributed by atoms with E-state index in [0.717, 1.165) is 13.0 Å². The zero-order valence-electron chi connectivity index (χ0n) is 9.74. The Kier molecular flexibility index (Phi) is 3.47. The summed E-state index contributed by atoms with van der Waals surface area (Å²) in [6.07, 6.45) is 1.95. The fraction of sp³-hybridized carbons (Fsp3) is 0.909. The number of ether oxygens (including phenoxy) is 1. The molecule has 2 rings (SSSR count). The van der Waals surface area contributed by atoms with Crippen molar-refractivity contribution in [2.45, 2.75) is 31.0 Å². The molecule has 2 N–H and O–H groups in total. The summed E-state index contributed by atoms with van der Waals surface area (Å²) in [6, 6.07) is 0. The lowest BCUT2D eigenvalue weighted by atomic mass is 9.91. The van der Waals surface area contributed by atoms with Gasteiger partial charge in [0.1, 0.15) is 0 Å². The van der Waals surface area contributed by atoms with Crippen LogP contribution in [-0.4, -0.2) is 60.9 Å². The maximum atomic E-state index is 11.7. The molecule has 2 atom stereocenters. The van der Waals surface area contributed by atoms with Crippen molar-refractivity contribution in [1.29, 1.82) is 0 Å². The SMILES string of the molecule is CNCC(=O)N1CC[C@@]2(C[C@@H](O)CCO2)C1. The number of carbonyl (C=O) groups is 1. The highest BCUT2D eigenvalue weighted by atomic mass is 16.5. The van der Waals surface area contributed by atoms with Crippen molar-refractivity contribution in [3.8, 4) is 0 Å². The van der Waals surface area contributed by atoms with Gasteiger partial charge in [0.05, 0.1) is 18.2 Å². The quantitative estimate of drug-likeness (QED) is 0.659. The molecule has 2 heterocycles. The molecule has 2 saturated heterocycles. The molecule has 0 aromatic heterocycles. The van der Waals surface area contributed by atoms with Gasteiger partial charge in [0, 0.05) is 26.1 Å². The summed E-state index contributed by atoms with van der Waals surface area (Å²) < 4.78 is 5.78. The van der Waals surface area contributed by atoms with Crippen molar-refractivity contribution < 1.29 is 14.6 Å². The number of likely N-dealkylation sites (tertiary alicyclic amines) is 1. The Bertz CT molecular complexity index is 272. The van der Waals surface area contributed by atoms with Crippen LogP contribution in [-0.2, 0) is 9.53 Å². The minimum absolute atomic E-state index is 0.114. The van der Waals surface area contributed by atoms with Gasteiger partial charge in [0.15, 0.2) is 0 Å². The molecule has 0 saturated carbocycles. The van der Waals surface area contributed by atoms with Gasteiger partial charge in [0.25, 0.3) is 0 Å². The number of nitrogens with one attached hydrogen (secondary N) is 1. The van der Waals surface area contributed by atoms with Crippen LogP contribution in [0.3, 0.4) is 0 Å². The lowest BCUT2D eigenvalue weighted by Crippen LogP contribution is -2.45. The first kappa shape index (κ1) is 11.8. The highest BCUT2D eigenvalue weighted by molar-refractivity contribution is 5.78. The van der Waals surface area contributed by atoms with Crippen molar-refractivity contribution in [1.82, 2.24) is 10.2 Å². The lowest BCUT2D eigenvalue weighted by Gasteiger charge is -2.36. The van der Waals surface area contributed by atoms with Crippen molar-refractivity contribution in [3.63, 3.8) is 0 Å². The van der Waals surface area contributed by atoms with Crippen molar-refractivity contribution >= 4 is 5.91 Å². The molecule has 0 aromatic carbocycles. The first-order valence-corrected chi connectivity index (χ1v) is 5.90. The summed E-state index contributed by atoms with van der Waals surface area (Å²) in [5.41, 5.74) is -0.277. The Labute approximate surface area is 95.8 Å². The number of rotatable bonds is 2. The summed E-state index contributed by atoms with van der Waals surface area (Å²) in [5, 5.41) is 12.5. The van der Waals surface area contributed by atoms with Gasteiger partial charge < -0.3 is 20.1 Å². The van der Waals surface area contributed by atoms with Crippen LogP contribution in [0.5, 0.6) is 0 Å². The summed E-state index contributed by atoms with van der Waals surface area (Å²) >= 11 is 0. The molecule has 1 amide bonds. The van der Waals surface area contributed by atoms with E-state index in [9.17, 15) is 9.90 Å². The van der Waals surface area contributed by atoms with E-state index in [1.807, 2.05) is 4.90 Å². The zero-order chi connectivity index (χ0) is 11.6. The first-order valence-electron chi connectivity index (χ1n) is 5.90. The molecule has 5 heteroatoms. The maximum Gasteiger partial charge on any atom is 0.236 e. The first-order chi connectivity index (χ1) is 7.65. The maximum absolute atomic E-state index is 11.7. The van der Waals surface area contributed by atoms with Crippen LogP contribution in [0.2, 0.25) is 0 Å². The van der Waals surface area contributed by atoms with E-state index >= 15 is 0 Å². The number of amides is 1. The van der Waals surface area contributed by atoms with Crippen LogP contribution in [0.15, 0.2) is 0 Å². The monoisotopic (exact) mass is 228 g/mol. The van der Waals surface area contributed by atoms with Crippen LogP contribution in [0.1, 0.15) is 19.3 Å². The van der Waals surface area contributed by atoms with Gasteiger partial charge in [-0.1, -0.05) is 0 Å². The summed E-state index contributed by atoms with van der Waals surface area (Å²) in [6.45, 7) is 2.35. The van der Waals surface area contributed by atoms with Crippen LogP contribution >= 0.6 is 0 Å². The molecular weight excluding hydrogens is 208 g/mol. The van der Waals surface area contributed by atoms with E-state index in [2.05, 4.69) is 5.32 Å². The molecule has 16 heavy (non-hydrogen) atoms. The van der Waals surface area contributed by atoms with Gasteiger partial charge in [-0.3, -0.25) is 4.79 Å². The molecule has 92 valence electrons. The molecule has 0 unspecified atom stereocenters. The highest BCUT2D eigenvalue weighted by Gasteiger charge is 2.44. The fourth-order valence-corrected chi connectivity index (χ4v) is 2.61. The van der Waals surface area contributed by atoms with E-state index in [1.54, 1.807) is 7.05 Å². The lowest BCUT2D eigenvalue weighted by molar-refractivity contribution is -0.135. The second-order valence-corrected chi connectivity index (χ2v) is 4.77. The van der Waals surface area contributed by atoms with Crippen LogP contribution in [0.4, 0.5) is 0 Å². The number of likely N-dealkylation sites (N-methyl/N-ethyl adjacent to an activating group) is 1. The zero-order valence-corrected chi connectivity index (χ0v) is 9.74. The topological polar surface area (TPSA) is 61.8 Å². The van der Waals surface area contributed by atoms with Crippen LogP contribution in [0, 0.1) is 0 Å². The van der Waals surface area contributed by atoms with Crippen molar-refractivity contribution in [3.05, 3.63) is 0 Å². The Hall–Kier alpha value is -0.650. The summed E-state index contributed by atoms with van der Waals surface area (Å²) in [5.74, 6) is 0.114. The molecule has 5 nitrogen and oxygen atoms in total.